The lowest BCUT2D eigenvalue weighted by Crippen LogP contribution is -2.58. The molecule has 4 aliphatic rings. The molecule has 3 atom stereocenters. The molecule has 0 bridgehead atoms. The van der Waals surface area contributed by atoms with Gasteiger partial charge < -0.3 is 26.0 Å². The van der Waals surface area contributed by atoms with Gasteiger partial charge in [-0.25, -0.2) is 4.79 Å². The van der Waals surface area contributed by atoms with Crippen molar-refractivity contribution < 1.29 is 28.7 Å². The molecule has 3 saturated carbocycles. The highest BCUT2D eigenvalue weighted by molar-refractivity contribution is 6.37. The molecule has 1 unspecified atom stereocenters. The Labute approximate surface area is 199 Å². The zero-order valence-corrected chi connectivity index (χ0v) is 19.6. The largest absolute Gasteiger partial charge is 0.446 e. The van der Waals surface area contributed by atoms with E-state index in [1.807, 2.05) is 0 Å². The number of rotatable bonds is 10. The van der Waals surface area contributed by atoms with E-state index >= 15 is 0 Å². The second kappa shape index (κ2) is 10.7. The quantitative estimate of drug-likeness (QED) is 0.403. The monoisotopic (exact) mass is 476 g/mol. The summed E-state index contributed by atoms with van der Waals surface area (Å²) in [5.74, 6) is -2.31. The van der Waals surface area contributed by atoms with Crippen molar-refractivity contribution in [3.05, 3.63) is 0 Å². The molecule has 34 heavy (non-hydrogen) atoms. The number of Topliss-reactive ketones (excluding diaryl/α,β-unsaturated/α-hetero) is 1. The molecule has 1 saturated heterocycles. The minimum Gasteiger partial charge on any atom is -0.446 e. The van der Waals surface area contributed by atoms with Crippen molar-refractivity contribution in [1.82, 2.24) is 15.5 Å². The zero-order chi connectivity index (χ0) is 24.2. The van der Waals surface area contributed by atoms with Gasteiger partial charge in [-0.05, 0) is 56.8 Å². The fourth-order valence-electron chi connectivity index (χ4n) is 5.19. The highest BCUT2D eigenvalue weighted by Crippen LogP contribution is 2.34. The second-order valence-electron chi connectivity index (χ2n) is 10.3. The Balaban J connectivity index is 1.44. The number of hydrogen-bond acceptors (Lipinski definition) is 6. The van der Waals surface area contributed by atoms with Crippen molar-refractivity contribution in [2.75, 3.05) is 6.54 Å². The van der Waals surface area contributed by atoms with Crippen LogP contribution in [0.4, 0.5) is 4.79 Å². The lowest BCUT2D eigenvalue weighted by Gasteiger charge is -2.34. The number of nitrogens with one attached hydrogen (secondary N) is 2. The summed E-state index contributed by atoms with van der Waals surface area (Å²) in [4.78, 5) is 64.5. The highest BCUT2D eigenvalue weighted by atomic mass is 16.6. The van der Waals surface area contributed by atoms with E-state index in [0.29, 0.717) is 31.7 Å². The Morgan fingerprint density at radius 3 is 2.21 bits per heavy atom. The van der Waals surface area contributed by atoms with Crippen LogP contribution < -0.4 is 16.4 Å². The third kappa shape index (κ3) is 6.27. The molecular formula is C24H36N4O6. The van der Waals surface area contributed by atoms with E-state index in [1.54, 1.807) is 0 Å². The van der Waals surface area contributed by atoms with Crippen LogP contribution in [0.15, 0.2) is 0 Å². The van der Waals surface area contributed by atoms with Gasteiger partial charge in [0.25, 0.3) is 5.91 Å². The number of ether oxygens (including phenoxy) is 1. The van der Waals surface area contributed by atoms with Crippen LogP contribution in [0.25, 0.3) is 0 Å². The topological polar surface area (TPSA) is 148 Å². The highest BCUT2D eigenvalue weighted by Gasteiger charge is 2.42. The van der Waals surface area contributed by atoms with Crippen LogP contribution >= 0.6 is 0 Å². The Bertz CT molecular complexity index is 818. The summed E-state index contributed by atoms with van der Waals surface area (Å²) in [5, 5.41) is 5.50. The summed E-state index contributed by atoms with van der Waals surface area (Å²) < 4.78 is 5.33. The normalized spacial score (nSPS) is 24.7. The van der Waals surface area contributed by atoms with Gasteiger partial charge in [0.15, 0.2) is 0 Å². The van der Waals surface area contributed by atoms with Crippen molar-refractivity contribution in [3.63, 3.8) is 0 Å². The first kappa shape index (κ1) is 24.5. The number of ketones is 1. The summed E-state index contributed by atoms with van der Waals surface area (Å²) in [6.07, 6.45) is 9.20. The molecule has 0 aromatic carbocycles. The predicted octanol–water partition coefficient (Wildman–Crippen LogP) is 1.15. The minimum atomic E-state index is -1.07. The molecule has 0 spiro atoms. The first-order valence-corrected chi connectivity index (χ1v) is 12.7. The smallest absolute Gasteiger partial charge is 0.408 e. The summed E-state index contributed by atoms with van der Waals surface area (Å²) in [7, 11) is 0. The number of nitrogens with two attached hydrogens (primary N) is 1. The molecule has 4 amide bonds. The van der Waals surface area contributed by atoms with E-state index < -0.39 is 41.8 Å². The Morgan fingerprint density at radius 2 is 1.59 bits per heavy atom. The number of primary amides is 1. The van der Waals surface area contributed by atoms with Crippen LogP contribution in [0, 0.1) is 11.8 Å². The van der Waals surface area contributed by atoms with E-state index in [2.05, 4.69) is 10.6 Å². The van der Waals surface area contributed by atoms with Gasteiger partial charge in [-0.3, -0.25) is 19.2 Å². The number of carbonyl (C=O) groups is 5. The minimum absolute atomic E-state index is 0.00336. The average Bonchev–Trinajstić information content (AvgIpc) is 3.76. The molecule has 10 nitrogen and oxygen atoms in total. The molecule has 4 N–H and O–H groups in total. The Hall–Kier alpha value is -2.65. The number of carbonyl (C=O) groups excluding carboxylic acids is 5. The fraction of sp³-hybridized carbons (Fsp3) is 0.792. The van der Waals surface area contributed by atoms with Crippen LogP contribution in [-0.2, 0) is 23.9 Å². The number of alkyl carbamates (subject to hydrolysis) is 1. The van der Waals surface area contributed by atoms with Crippen molar-refractivity contribution in [1.29, 1.82) is 0 Å². The van der Waals surface area contributed by atoms with Crippen molar-refractivity contribution in [2.45, 2.75) is 101 Å². The third-order valence-corrected chi connectivity index (χ3v) is 7.44. The summed E-state index contributed by atoms with van der Waals surface area (Å²) in [6, 6.07) is -2.45. The van der Waals surface area contributed by atoms with E-state index in [-0.39, 0.29) is 17.9 Å². The predicted molar refractivity (Wildman–Crippen MR) is 121 cm³/mol. The lowest BCUT2D eigenvalue weighted by molar-refractivity contribution is -0.143. The third-order valence-electron chi connectivity index (χ3n) is 7.44. The summed E-state index contributed by atoms with van der Waals surface area (Å²) >= 11 is 0. The van der Waals surface area contributed by atoms with Gasteiger partial charge in [-0.15, -0.1) is 0 Å². The van der Waals surface area contributed by atoms with Gasteiger partial charge in [-0.1, -0.05) is 32.1 Å². The van der Waals surface area contributed by atoms with Crippen LogP contribution in [0.3, 0.4) is 0 Å². The Morgan fingerprint density at radius 1 is 0.882 bits per heavy atom. The molecule has 0 radical (unpaired) electrons. The molecule has 10 heteroatoms. The second-order valence-corrected chi connectivity index (χ2v) is 10.3. The summed E-state index contributed by atoms with van der Waals surface area (Å²) in [6.45, 7) is 0.399. The van der Waals surface area contributed by atoms with E-state index in [1.165, 1.54) is 4.90 Å². The molecule has 1 aliphatic heterocycles. The molecule has 1 heterocycles. The number of likely N-dealkylation sites (tertiary alicyclic amines) is 1. The van der Waals surface area contributed by atoms with Crippen molar-refractivity contribution in [2.24, 2.45) is 17.6 Å². The molecule has 0 aromatic rings. The van der Waals surface area contributed by atoms with Gasteiger partial charge in [-0.2, -0.15) is 0 Å². The van der Waals surface area contributed by atoms with Crippen LogP contribution in [-0.4, -0.2) is 65.3 Å². The number of hydrogen-bond donors (Lipinski definition) is 3. The van der Waals surface area contributed by atoms with E-state index in [4.69, 9.17) is 10.5 Å². The van der Waals surface area contributed by atoms with Gasteiger partial charge in [0, 0.05) is 6.54 Å². The molecule has 4 rings (SSSR count). The van der Waals surface area contributed by atoms with Crippen LogP contribution in [0.1, 0.15) is 77.0 Å². The van der Waals surface area contributed by atoms with E-state index in [9.17, 15) is 24.0 Å². The molecule has 0 aromatic heterocycles. The maximum Gasteiger partial charge on any atom is 0.408 e. The van der Waals surface area contributed by atoms with Crippen molar-refractivity contribution >= 4 is 29.6 Å². The molecule has 3 aliphatic carbocycles. The van der Waals surface area contributed by atoms with Crippen molar-refractivity contribution in [3.8, 4) is 0 Å². The maximum absolute atomic E-state index is 13.6. The molecule has 4 fully saturated rings. The van der Waals surface area contributed by atoms with Gasteiger partial charge in [0.1, 0.15) is 18.2 Å². The van der Waals surface area contributed by atoms with Gasteiger partial charge >= 0.3 is 6.09 Å². The lowest BCUT2D eigenvalue weighted by atomic mass is 9.83. The SMILES string of the molecule is NC(=O)C(=O)C(CC1CC1)NC(=O)[C@@H]1CCCN1C(=O)[C@@H](NC(=O)OC1CC1)C1CCCCC1. The van der Waals surface area contributed by atoms with E-state index in [0.717, 1.165) is 57.8 Å². The van der Waals surface area contributed by atoms with Gasteiger partial charge in [0.05, 0.1) is 6.04 Å². The zero-order valence-electron chi connectivity index (χ0n) is 19.6. The Kier molecular flexibility index (Phi) is 7.73. The number of amides is 4. The average molecular weight is 477 g/mol. The maximum atomic E-state index is 13.6. The molecular weight excluding hydrogens is 440 g/mol. The van der Waals surface area contributed by atoms with Gasteiger partial charge in [0.2, 0.25) is 17.6 Å². The summed E-state index contributed by atoms with van der Waals surface area (Å²) in [5.41, 5.74) is 5.19. The molecule has 188 valence electrons. The standard InChI is InChI=1S/C24H36N4O6/c25-21(30)20(29)17(13-14-8-9-14)26-22(31)18-7-4-12-28(18)23(32)19(15-5-2-1-3-6-15)27-24(33)34-16-10-11-16/h14-19H,1-13H2,(H2,25,30)(H,26,31)(H,27,33)/t17?,18-,19-/m0/s1. The van der Waals surface area contributed by atoms with Crippen LogP contribution in [0.2, 0.25) is 0 Å². The first-order valence-electron chi connectivity index (χ1n) is 12.7. The first-order chi connectivity index (χ1) is 16.3. The fourth-order valence-corrected chi connectivity index (χ4v) is 5.19. The number of nitrogens with zero attached hydrogens (tertiary/aromatic N) is 1. The van der Waals surface area contributed by atoms with Crippen LogP contribution in [0.5, 0.6) is 0 Å².